The number of nitrogens with one attached hydrogen (secondary N) is 1. The van der Waals surface area contributed by atoms with Gasteiger partial charge < -0.3 is 14.8 Å². The van der Waals surface area contributed by atoms with Gasteiger partial charge in [-0.3, -0.25) is 4.79 Å². The summed E-state index contributed by atoms with van der Waals surface area (Å²) in [6.45, 7) is 5.53. The van der Waals surface area contributed by atoms with Gasteiger partial charge in [0.15, 0.2) is 0 Å². The molecular formula is C17H27N3O. The smallest absolute Gasteiger partial charge is 0.242 e. The number of hydrogen-bond donors (Lipinski definition) is 1. The Morgan fingerprint density at radius 3 is 2.76 bits per heavy atom. The maximum absolute atomic E-state index is 12.3. The topological polar surface area (TPSA) is 37.3 Å². The van der Waals surface area contributed by atoms with Gasteiger partial charge in [0.25, 0.3) is 0 Å². The summed E-state index contributed by atoms with van der Waals surface area (Å²) in [7, 11) is 0. The molecule has 1 aromatic heterocycles. The van der Waals surface area contributed by atoms with Crippen LogP contribution in [-0.4, -0.2) is 35.0 Å². The zero-order valence-electron chi connectivity index (χ0n) is 13.1. The van der Waals surface area contributed by atoms with Crippen LogP contribution in [0.5, 0.6) is 0 Å². The SMILES string of the molecule is CCNC(c1ccn(CC(=O)N2CCCCC2)c1)C1CC1. The van der Waals surface area contributed by atoms with E-state index in [1.54, 1.807) is 0 Å². The number of carbonyl (C=O) groups excluding carboxylic acids is 1. The molecule has 2 aliphatic rings. The highest BCUT2D eigenvalue weighted by Gasteiger charge is 2.32. The van der Waals surface area contributed by atoms with Crippen LogP contribution in [0.25, 0.3) is 0 Å². The fraction of sp³-hybridized carbons (Fsp3) is 0.706. The van der Waals surface area contributed by atoms with Crippen LogP contribution in [0.3, 0.4) is 0 Å². The number of piperidine rings is 1. The molecule has 0 bridgehead atoms. The van der Waals surface area contributed by atoms with Crippen molar-refractivity contribution in [2.45, 2.75) is 51.6 Å². The van der Waals surface area contributed by atoms with Crippen LogP contribution in [0.15, 0.2) is 18.5 Å². The minimum Gasteiger partial charge on any atom is -0.345 e. The lowest BCUT2D eigenvalue weighted by molar-refractivity contribution is -0.132. The molecule has 1 unspecified atom stereocenters. The Hall–Kier alpha value is -1.29. The van der Waals surface area contributed by atoms with Gasteiger partial charge in [0, 0.05) is 31.5 Å². The van der Waals surface area contributed by atoms with Gasteiger partial charge in [0.1, 0.15) is 6.54 Å². The Morgan fingerprint density at radius 1 is 1.33 bits per heavy atom. The van der Waals surface area contributed by atoms with Crippen molar-refractivity contribution >= 4 is 5.91 Å². The molecule has 1 saturated heterocycles. The van der Waals surface area contributed by atoms with Gasteiger partial charge in [-0.15, -0.1) is 0 Å². The lowest BCUT2D eigenvalue weighted by Crippen LogP contribution is -2.37. The molecule has 3 rings (SSSR count). The van der Waals surface area contributed by atoms with E-state index in [9.17, 15) is 4.79 Å². The molecule has 116 valence electrons. The molecule has 0 radical (unpaired) electrons. The van der Waals surface area contributed by atoms with Gasteiger partial charge in [-0.05, 0) is 56.2 Å². The van der Waals surface area contributed by atoms with Crippen molar-refractivity contribution in [3.8, 4) is 0 Å². The van der Waals surface area contributed by atoms with Crippen LogP contribution in [0, 0.1) is 5.92 Å². The van der Waals surface area contributed by atoms with Crippen LogP contribution < -0.4 is 5.32 Å². The Balaban J connectivity index is 1.60. The quantitative estimate of drug-likeness (QED) is 0.874. The second-order valence-corrected chi connectivity index (χ2v) is 6.43. The maximum atomic E-state index is 12.3. The van der Waals surface area contributed by atoms with Gasteiger partial charge >= 0.3 is 0 Å². The number of nitrogens with zero attached hydrogens (tertiary/aromatic N) is 2. The lowest BCUT2D eigenvalue weighted by Gasteiger charge is -2.26. The van der Waals surface area contributed by atoms with Crippen molar-refractivity contribution in [3.63, 3.8) is 0 Å². The van der Waals surface area contributed by atoms with E-state index in [-0.39, 0.29) is 5.91 Å². The van der Waals surface area contributed by atoms with E-state index in [4.69, 9.17) is 0 Å². The minimum atomic E-state index is 0.267. The predicted octanol–water partition coefficient (Wildman–Crippen LogP) is 2.56. The first kappa shape index (κ1) is 14.6. The Kier molecular flexibility index (Phi) is 4.63. The molecule has 0 aromatic carbocycles. The van der Waals surface area contributed by atoms with Crippen molar-refractivity contribution < 1.29 is 4.79 Å². The van der Waals surface area contributed by atoms with Crippen LogP contribution in [0.4, 0.5) is 0 Å². The summed E-state index contributed by atoms with van der Waals surface area (Å²) in [6, 6.07) is 2.65. The van der Waals surface area contributed by atoms with Crippen molar-refractivity contribution in [1.82, 2.24) is 14.8 Å². The summed E-state index contributed by atoms with van der Waals surface area (Å²) in [6.07, 6.45) is 10.5. The fourth-order valence-electron chi connectivity index (χ4n) is 3.35. The highest BCUT2D eigenvalue weighted by atomic mass is 16.2. The van der Waals surface area contributed by atoms with Crippen molar-refractivity contribution in [3.05, 3.63) is 24.0 Å². The van der Waals surface area contributed by atoms with E-state index in [1.807, 2.05) is 4.90 Å². The van der Waals surface area contributed by atoms with Crippen LogP contribution in [0.2, 0.25) is 0 Å². The monoisotopic (exact) mass is 289 g/mol. The molecule has 1 saturated carbocycles. The first-order chi connectivity index (χ1) is 10.3. The van der Waals surface area contributed by atoms with Crippen molar-refractivity contribution in [1.29, 1.82) is 0 Å². The van der Waals surface area contributed by atoms with E-state index in [0.29, 0.717) is 12.6 Å². The average molecular weight is 289 g/mol. The maximum Gasteiger partial charge on any atom is 0.242 e. The number of carbonyl (C=O) groups is 1. The third-order valence-electron chi connectivity index (χ3n) is 4.68. The Labute approximate surface area is 127 Å². The summed E-state index contributed by atoms with van der Waals surface area (Å²) in [5, 5.41) is 3.58. The predicted molar refractivity (Wildman–Crippen MR) is 84.0 cm³/mol. The van der Waals surface area contributed by atoms with Gasteiger partial charge in [-0.1, -0.05) is 6.92 Å². The Morgan fingerprint density at radius 2 is 2.10 bits per heavy atom. The summed E-state index contributed by atoms with van der Waals surface area (Å²) in [5.41, 5.74) is 1.34. The van der Waals surface area contributed by atoms with Gasteiger partial charge in [0.2, 0.25) is 5.91 Å². The molecule has 1 N–H and O–H groups in total. The highest BCUT2D eigenvalue weighted by molar-refractivity contribution is 5.76. The normalized spacial score (nSPS) is 20.5. The zero-order valence-corrected chi connectivity index (χ0v) is 13.1. The van der Waals surface area contributed by atoms with E-state index in [0.717, 1.165) is 38.4 Å². The average Bonchev–Trinajstić information content (AvgIpc) is 3.25. The molecule has 1 atom stereocenters. The highest BCUT2D eigenvalue weighted by Crippen LogP contribution is 2.40. The number of hydrogen-bond acceptors (Lipinski definition) is 2. The minimum absolute atomic E-state index is 0.267. The Bertz CT molecular complexity index is 472. The van der Waals surface area contributed by atoms with E-state index in [1.165, 1.54) is 24.8 Å². The summed E-state index contributed by atoms with van der Waals surface area (Å²) in [5.74, 6) is 1.06. The first-order valence-electron chi connectivity index (χ1n) is 8.44. The van der Waals surface area contributed by atoms with Crippen LogP contribution in [0.1, 0.15) is 50.6 Å². The second kappa shape index (κ2) is 6.65. The first-order valence-corrected chi connectivity index (χ1v) is 8.44. The molecule has 1 aromatic rings. The standard InChI is InChI=1S/C17H27N3O/c1-2-18-17(14-6-7-14)15-8-11-19(12-15)13-16(21)20-9-4-3-5-10-20/h8,11-12,14,17-18H,2-7,9-10,13H2,1H3. The van der Waals surface area contributed by atoms with Crippen molar-refractivity contribution in [2.24, 2.45) is 5.92 Å². The zero-order chi connectivity index (χ0) is 14.7. The number of rotatable bonds is 6. The molecule has 4 heteroatoms. The van der Waals surface area contributed by atoms with Crippen LogP contribution >= 0.6 is 0 Å². The van der Waals surface area contributed by atoms with Crippen molar-refractivity contribution in [2.75, 3.05) is 19.6 Å². The van der Waals surface area contributed by atoms with E-state index >= 15 is 0 Å². The summed E-state index contributed by atoms with van der Waals surface area (Å²) in [4.78, 5) is 14.3. The lowest BCUT2D eigenvalue weighted by atomic mass is 10.1. The molecule has 2 heterocycles. The van der Waals surface area contributed by atoms with Gasteiger partial charge in [-0.2, -0.15) is 0 Å². The number of amides is 1. The summed E-state index contributed by atoms with van der Waals surface area (Å²) < 4.78 is 2.05. The fourth-order valence-corrected chi connectivity index (χ4v) is 3.35. The third-order valence-corrected chi connectivity index (χ3v) is 4.68. The molecule has 1 aliphatic carbocycles. The van der Waals surface area contributed by atoms with E-state index < -0.39 is 0 Å². The number of aromatic nitrogens is 1. The third kappa shape index (κ3) is 3.67. The molecule has 21 heavy (non-hydrogen) atoms. The molecule has 2 fully saturated rings. The summed E-state index contributed by atoms with van der Waals surface area (Å²) >= 11 is 0. The van der Waals surface area contributed by atoms with Crippen LogP contribution in [-0.2, 0) is 11.3 Å². The number of likely N-dealkylation sites (tertiary alicyclic amines) is 1. The van der Waals surface area contributed by atoms with E-state index in [2.05, 4.69) is 35.3 Å². The molecule has 0 spiro atoms. The molecule has 1 aliphatic heterocycles. The largest absolute Gasteiger partial charge is 0.345 e. The van der Waals surface area contributed by atoms with Gasteiger partial charge in [0.05, 0.1) is 0 Å². The second-order valence-electron chi connectivity index (χ2n) is 6.43. The molecule has 4 nitrogen and oxygen atoms in total. The molecular weight excluding hydrogens is 262 g/mol. The molecule has 1 amide bonds. The van der Waals surface area contributed by atoms with Gasteiger partial charge in [-0.25, -0.2) is 0 Å².